The number of aliphatic hydroxyl groups is 1. The molecule has 112 valence electrons. The number of ketones is 1. The van der Waals surface area contributed by atoms with E-state index in [2.05, 4.69) is 26.0 Å². The van der Waals surface area contributed by atoms with E-state index in [1.165, 1.54) is 6.33 Å². The number of rotatable bonds is 3. The summed E-state index contributed by atoms with van der Waals surface area (Å²) in [6.07, 6.45) is 4.99. The molecule has 21 heavy (non-hydrogen) atoms. The van der Waals surface area contributed by atoms with Gasteiger partial charge < -0.3 is 10.8 Å². The van der Waals surface area contributed by atoms with Gasteiger partial charge in [0.05, 0.1) is 6.10 Å². The Morgan fingerprint density at radius 1 is 1.43 bits per heavy atom. The normalized spacial score (nSPS) is 22.6. The van der Waals surface area contributed by atoms with Crippen LogP contribution in [0.25, 0.3) is 5.52 Å². The Kier molecular flexibility index (Phi) is 3.95. The molecule has 1 saturated carbocycles. The first kappa shape index (κ1) is 14.5. The van der Waals surface area contributed by atoms with Gasteiger partial charge in [-0.25, -0.2) is 9.50 Å². The van der Waals surface area contributed by atoms with E-state index in [1.54, 1.807) is 10.6 Å². The summed E-state index contributed by atoms with van der Waals surface area (Å²) in [7, 11) is 0. The molecule has 0 spiro atoms. The number of Topliss-reactive ketones (excluding diaryl/α,β-unsaturated/α-hetero) is 1. The van der Waals surface area contributed by atoms with Gasteiger partial charge in [-0.2, -0.15) is 5.10 Å². The molecule has 2 aromatic heterocycles. The van der Waals surface area contributed by atoms with E-state index in [4.69, 9.17) is 5.73 Å². The second kappa shape index (κ2) is 5.73. The molecule has 0 aliphatic heterocycles. The van der Waals surface area contributed by atoms with E-state index in [0.717, 1.165) is 25.7 Å². The summed E-state index contributed by atoms with van der Waals surface area (Å²) in [6, 6.07) is 1.75. The van der Waals surface area contributed by atoms with Crippen LogP contribution in [0.15, 0.2) is 17.0 Å². The molecule has 0 bridgehead atoms. The number of aromatic nitrogens is 3. The first-order valence-electron chi connectivity index (χ1n) is 7.05. The van der Waals surface area contributed by atoms with Crippen LogP contribution in [0.3, 0.4) is 0 Å². The molecule has 0 saturated heterocycles. The maximum Gasteiger partial charge on any atom is 0.165 e. The van der Waals surface area contributed by atoms with Crippen LogP contribution >= 0.6 is 15.9 Å². The first-order valence-corrected chi connectivity index (χ1v) is 7.84. The van der Waals surface area contributed by atoms with Crippen molar-refractivity contribution in [1.29, 1.82) is 0 Å². The predicted molar refractivity (Wildman–Crippen MR) is 82.0 cm³/mol. The van der Waals surface area contributed by atoms with Gasteiger partial charge in [0.1, 0.15) is 16.4 Å². The van der Waals surface area contributed by atoms with Gasteiger partial charge in [0.2, 0.25) is 0 Å². The van der Waals surface area contributed by atoms with Gasteiger partial charge in [-0.15, -0.1) is 0 Å². The number of fused-ring (bicyclic) bond motifs is 1. The van der Waals surface area contributed by atoms with E-state index >= 15 is 0 Å². The zero-order valence-electron chi connectivity index (χ0n) is 11.5. The summed E-state index contributed by atoms with van der Waals surface area (Å²) in [5.74, 6) is 0.694. The van der Waals surface area contributed by atoms with Gasteiger partial charge in [0.25, 0.3) is 0 Å². The number of nitrogens with zero attached hydrogens (tertiary/aromatic N) is 3. The van der Waals surface area contributed by atoms with Crippen molar-refractivity contribution in [3.8, 4) is 0 Å². The van der Waals surface area contributed by atoms with Crippen LogP contribution in [0.5, 0.6) is 0 Å². The Balaban J connectivity index is 1.85. The van der Waals surface area contributed by atoms with Gasteiger partial charge in [-0.05, 0) is 53.6 Å². The number of carbonyl (C=O) groups excluding carboxylic acids is 1. The lowest BCUT2D eigenvalue weighted by atomic mass is 9.83. The van der Waals surface area contributed by atoms with Crippen molar-refractivity contribution in [3.63, 3.8) is 0 Å². The molecular formula is C14H17BrN4O2. The van der Waals surface area contributed by atoms with Crippen molar-refractivity contribution in [3.05, 3.63) is 22.6 Å². The molecule has 1 fully saturated rings. The van der Waals surface area contributed by atoms with E-state index < -0.39 is 0 Å². The van der Waals surface area contributed by atoms with E-state index in [0.29, 0.717) is 33.8 Å². The highest BCUT2D eigenvalue weighted by molar-refractivity contribution is 9.10. The highest BCUT2D eigenvalue weighted by Crippen LogP contribution is 2.30. The van der Waals surface area contributed by atoms with E-state index in [9.17, 15) is 9.90 Å². The standard InChI is InChI=1S/C14H17BrN4O2/c15-12-6-10(13-14(16)17-7-18-19(12)13)11(21)5-8-1-3-9(20)4-2-8/h6-9,20H,1-5H2,(H2,16,17,18). The highest BCUT2D eigenvalue weighted by atomic mass is 79.9. The number of hydrogen-bond acceptors (Lipinski definition) is 5. The van der Waals surface area contributed by atoms with Crippen LogP contribution in [-0.2, 0) is 0 Å². The highest BCUT2D eigenvalue weighted by Gasteiger charge is 2.24. The first-order chi connectivity index (χ1) is 10.1. The molecule has 7 heteroatoms. The maximum absolute atomic E-state index is 12.6. The molecule has 3 N–H and O–H groups in total. The second-order valence-electron chi connectivity index (χ2n) is 5.59. The lowest BCUT2D eigenvalue weighted by Gasteiger charge is -2.24. The molecule has 0 amide bonds. The molecule has 0 radical (unpaired) electrons. The molecule has 6 nitrogen and oxygen atoms in total. The van der Waals surface area contributed by atoms with Crippen molar-refractivity contribution in [2.24, 2.45) is 5.92 Å². The minimum atomic E-state index is -0.204. The van der Waals surface area contributed by atoms with Crippen LogP contribution in [0.2, 0.25) is 0 Å². The summed E-state index contributed by atoms with van der Waals surface area (Å²) in [5.41, 5.74) is 7.00. The predicted octanol–water partition coefficient (Wildman–Crippen LogP) is 2.20. The lowest BCUT2D eigenvalue weighted by molar-refractivity contribution is 0.0861. The Morgan fingerprint density at radius 3 is 2.86 bits per heavy atom. The van der Waals surface area contributed by atoms with Crippen molar-refractivity contribution in [1.82, 2.24) is 14.6 Å². The van der Waals surface area contributed by atoms with Crippen LogP contribution < -0.4 is 5.73 Å². The molecule has 2 heterocycles. The van der Waals surface area contributed by atoms with Crippen LogP contribution in [-0.4, -0.2) is 31.6 Å². The topological polar surface area (TPSA) is 93.5 Å². The number of hydrogen-bond donors (Lipinski definition) is 2. The fraction of sp³-hybridized carbons (Fsp3) is 0.500. The minimum Gasteiger partial charge on any atom is -0.393 e. The summed E-state index contributed by atoms with van der Waals surface area (Å²) in [4.78, 5) is 16.5. The summed E-state index contributed by atoms with van der Waals surface area (Å²) < 4.78 is 2.27. The zero-order chi connectivity index (χ0) is 15.0. The Morgan fingerprint density at radius 2 is 2.14 bits per heavy atom. The third-order valence-electron chi connectivity index (χ3n) is 4.13. The Hall–Kier alpha value is -1.47. The van der Waals surface area contributed by atoms with Gasteiger partial charge in [0.15, 0.2) is 11.6 Å². The summed E-state index contributed by atoms with van der Waals surface area (Å²) in [5, 5.41) is 13.6. The largest absolute Gasteiger partial charge is 0.393 e. The number of halogens is 1. The molecule has 0 atom stereocenters. The van der Waals surface area contributed by atoms with E-state index in [-0.39, 0.29) is 11.9 Å². The minimum absolute atomic E-state index is 0.0566. The molecule has 0 aromatic carbocycles. The fourth-order valence-electron chi connectivity index (χ4n) is 2.96. The van der Waals surface area contributed by atoms with Gasteiger partial charge >= 0.3 is 0 Å². The molecule has 0 unspecified atom stereocenters. The molecular weight excluding hydrogens is 336 g/mol. The van der Waals surface area contributed by atoms with Crippen LogP contribution in [0.1, 0.15) is 42.5 Å². The molecule has 1 aliphatic carbocycles. The monoisotopic (exact) mass is 352 g/mol. The SMILES string of the molecule is Nc1ncnn2c(Br)cc(C(=O)CC3CCC(O)CC3)c12. The van der Waals surface area contributed by atoms with Crippen molar-refractivity contribution < 1.29 is 9.90 Å². The zero-order valence-corrected chi connectivity index (χ0v) is 13.1. The maximum atomic E-state index is 12.6. The summed E-state index contributed by atoms with van der Waals surface area (Å²) in [6.45, 7) is 0. The quantitative estimate of drug-likeness (QED) is 0.825. The molecule has 2 aromatic rings. The van der Waals surface area contributed by atoms with Crippen LogP contribution in [0, 0.1) is 5.92 Å². The van der Waals surface area contributed by atoms with Crippen molar-refractivity contribution in [2.75, 3.05) is 5.73 Å². The van der Waals surface area contributed by atoms with Crippen molar-refractivity contribution >= 4 is 33.0 Å². The fourth-order valence-corrected chi connectivity index (χ4v) is 3.46. The van der Waals surface area contributed by atoms with Gasteiger partial charge in [-0.3, -0.25) is 4.79 Å². The third-order valence-corrected chi connectivity index (χ3v) is 4.69. The Labute approximate surface area is 130 Å². The van der Waals surface area contributed by atoms with Crippen molar-refractivity contribution in [2.45, 2.75) is 38.2 Å². The average molecular weight is 353 g/mol. The van der Waals surface area contributed by atoms with Gasteiger partial charge in [0, 0.05) is 12.0 Å². The number of aliphatic hydroxyl groups excluding tert-OH is 1. The molecule has 1 aliphatic rings. The number of anilines is 1. The van der Waals surface area contributed by atoms with Gasteiger partial charge in [-0.1, -0.05) is 0 Å². The number of nitrogens with two attached hydrogens (primary N) is 1. The lowest BCUT2D eigenvalue weighted by Crippen LogP contribution is -2.20. The molecule has 3 rings (SSSR count). The average Bonchev–Trinajstić information content (AvgIpc) is 2.80. The Bertz CT molecular complexity index is 677. The summed E-state index contributed by atoms with van der Waals surface area (Å²) >= 11 is 3.39. The third kappa shape index (κ3) is 2.80. The smallest absolute Gasteiger partial charge is 0.165 e. The second-order valence-corrected chi connectivity index (χ2v) is 6.40. The van der Waals surface area contributed by atoms with E-state index in [1.807, 2.05) is 0 Å². The number of carbonyl (C=O) groups is 1. The number of nitrogen functional groups attached to an aromatic ring is 1. The van der Waals surface area contributed by atoms with Crippen LogP contribution in [0.4, 0.5) is 5.82 Å².